The summed E-state index contributed by atoms with van der Waals surface area (Å²) in [4.78, 5) is 33.0. The molecule has 4 rings (SSSR count). The Labute approximate surface area is 256 Å². The molecule has 0 spiro atoms. The minimum Gasteiger partial charge on any atom is -0.497 e. The van der Waals surface area contributed by atoms with E-state index >= 15 is 0 Å². The van der Waals surface area contributed by atoms with Gasteiger partial charge in [-0.1, -0.05) is 42.5 Å². The summed E-state index contributed by atoms with van der Waals surface area (Å²) in [6.45, 7) is 3.08. The molecule has 0 unspecified atom stereocenters. The Morgan fingerprint density at radius 3 is 2.47 bits per heavy atom. The maximum absolute atomic E-state index is 13.6. The van der Waals surface area contributed by atoms with Gasteiger partial charge in [0.2, 0.25) is 0 Å². The van der Waals surface area contributed by atoms with E-state index in [9.17, 15) is 14.7 Å². The van der Waals surface area contributed by atoms with Crippen molar-refractivity contribution in [2.24, 2.45) is 0 Å². The second-order valence-electron chi connectivity index (χ2n) is 10.4. The molecule has 0 saturated heterocycles. The molecule has 0 fully saturated rings. The minimum atomic E-state index is -0.878. The molecule has 9 nitrogen and oxygen atoms in total. The first kappa shape index (κ1) is 31.7. The average Bonchev–Trinajstić information content (AvgIpc) is 3.44. The smallest absolute Gasteiger partial charge is 0.254 e. The molecule has 0 bridgehead atoms. The molecule has 2 amide bonds. The lowest BCUT2D eigenvalue weighted by Gasteiger charge is -2.25. The van der Waals surface area contributed by atoms with E-state index in [0.29, 0.717) is 36.3 Å². The normalized spacial score (nSPS) is 12.3. The number of hydrogen-bond acceptors (Lipinski definition) is 8. The van der Waals surface area contributed by atoms with Gasteiger partial charge in [-0.3, -0.25) is 9.59 Å². The van der Waals surface area contributed by atoms with Crippen LogP contribution >= 0.6 is 11.3 Å². The standard InChI is InChI=1S/C33H39N5O4S/c1-22-21-43-31(36-22)20-38(3)33(41)26-15-25(16-27(17-26)34-2)32(40)37-29(14-23-9-6-5-7-10-23)30(39)19-35-18-24-11-8-12-28(13-24)42-4/h5-13,15-17,21,29-30,34-35,39H,14,18-20H2,1-4H3,(H,37,40)/t29-,30+/m0/s1. The maximum atomic E-state index is 13.6. The molecular weight excluding hydrogens is 562 g/mol. The van der Waals surface area contributed by atoms with Crippen LogP contribution in [0.15, 0.2) is 78.2 Å². The zero-order chi connectivity index (χ0) is 30.8. The molecule has 0 aliphatic heterocycles. The molecule has 4 N–H and O–H groups in total. The number of ether oxygens (including phenoxy) is 1. The molecule has 0 aliphatic rings. The van der Waals surface area contributed by atoms with Crippen LogP contribution in [0.3, 0.4) is 0 Å². The number of methoxy groups -OCH3 is 1. The van der Waals surface area contributed by atoms with Crippen LogP contribution < -0.4 is 20.7 Å². The highest BCUT2D eigenvalue weighted by Crippen LogP contribution is 2.19. The summed E-state index contributed by atoms with van der Waals surface area (Å²) >= 11 is 1.51. The third-order valence-corrected chi connectivity index (χ3v) is 7.96. The third kappa shape index (κ3) is 9.12. The number of nitrogens with one attached hydrogen (secondary N) is 3. The number of rotatable bonds is 14. The predicted molar refractivity (Wildman–Crippen MR) is 171 cm³/mol. The van der Waals surface area contributed by atoms with Crippen molar-refractivity contribution in [3.8, 4) is 5.75 Å². The Hall–Kier alpha value is -4.25. The van der Waals surface area contributed by atoms with Gasteiger partial charge in [-0.2, -0.15) is 0 Å². The summed E-state index contributed by atoms with van der Waals surface area (Å²) in [7, 11) is 5.08. The molecule has 1 aromatic heterocycles. The number of carbonyl (C=O) groups excluding carboxylic acids is 2. The molecule has 226 valence electrons. The lowest BCUT2D eigenvalue weighted by atomic mass is 10.00. The topological polar surface area (TPSA) is 116 Å². The quantitative estimate of drug-likeness (QED) is 0.171. The van der Waals surface area contributed by atoms with Gasteiger partial charge in [-0.25, -0.2) is 4.98 Å². The van der Waals surface area contributed by atoms with Crippen molar-refractivity contribution in [2.75, 3.05) is 33.1 Å². The Morgan fingerprint density at radius 1 is 1.02 bits per heavy atom. The molecule has 4 aromatic rings. The van der Waals surface area contributed by atoms with Crippen molar-refractivity contribution in [2.45, 2.75) is 38.6 Å². The second-order valence-corrected chi connectivity index (χ2v) is 11.4. The number of nitrogens with zero attached hydrogens (tertiary/aromatic N) is 2. The fourth-order valence-electron chi connectivity index (χ4n) is 4.69. The lowest BCUT2D eigenvalue weighted by Crippen LogP contribution is -2.48. The van der Waals surface area contributed by atoms with Gasteiger partial charge >= 0.3 is 0 Å². The van der Waals surface area contributed by atoms with Crippen LogP contribution in [-0.2, 0) is 19.5 Å². The third-order valence-electron chi connectivity index (χ3n) is 7.01. The van der Waals surface area contributed by atoms with Crippen molar-refractivity contribution in [3.63, 3.8) is 0 Å². The first-order valence-corrected chi connectivity index (χ1v) is 15.0. The number of aliphatic hydroxyl groups excluding tert-OH is 1. The van der Waals surface area contributed by atoms with Crippen molar-refractivity contribution < 1.29 is 19.4 Å². The summed E-state index contributed by atoms with van der Waals surface area (Å²) in [5, 5.41) is 23.4. The van der Waals surface area contributed by atoms with E-state index in [4.69, 9.17) is 4.74 Å². The van der Waals surface area contributed by atoms with Gasteiger partial charge in [0.05, 0.1) is 25.8 Å². The van der Waals surface area contributed by atoms with Crippen molar-refractivity contribution in [3.05, 3.63) is 111 Å². The van der Waals surface area contributed by atoms with Crippen LogP contribution in [0.2, 0.25) is 0 Å². The molecule has 0 saturated carbocycles. The van der Waals surface area contributed by atoms with E-state index in [-0.39, 0.29) is 18.4 Å². The van der Waals surface area contributed by atoms with Crippen molar-refractivity contribution >= 4 is 28.8 Å². The lowest BCUT2D eigenvalue weighted by molar-refractivity contribution is 0.0785. The van der Waals surface area contributed by atoms with Crippen LogP contribution in [-0.4, -0.2) is 66.7 Å². The number of benzene rings is 3. The summed E-state index contributed by atoms with van der Waals surface area (Å²) < 4.78 is 5.30. The van der Waals surface area contributed by atoms with Gasteiger partial charge in [0.1, 0.15) is 10.8 Å². The van der Waals surface area contributed by atoms with Crippen molar-refractivity contribution in [1.29, 1.82) is 0 Å². The molecule has 10 heteroatoms. The Kier molecular flexibility index (Phi) is 11.3. The highest BCUT2D eigenvalue weighted by atomic mass is 32.1. The molecular formula is C33H39N5O4S. The Morgan fingerprint density at radius 2 is 1.77 bits per heavy atom. The fourth-order valence-corrected chi connectivity index (χ4v) is 5.51. The number of hydrogen-bond donors (Lipinski definition) is 4. The number of thiazole rings is 1. The molecule has 0 radical (unpaired) electrons. The minimum absolute atomic E-state index is 0.221. The molecule has 43 heavy (non-hydrogen) atoms. The van der Waals surface area contributed by atoms with Crippen molar-refractivity contribution in [1.82, 2.24) is 20.5 Å². The second kappa shape index (κ2) is 15.3. The maximum Gasteiger partial charge on any atom is 0.254 e. The summed E-state index contributed by atoms with van der Waals surface area (Å²) in [5.74, 6) is 0.166. The summed E-state index contributed by atoms with van der Waals surface area (Å²) in [5.41, 5.74) is 4.26. The summed E-state index contributed by atoms with van der Waals surface area (Å²) in [6.07, 6.45) is -0.446. The highest BCUT2D eigenvalue weighted by molar-refractivity contribution is 7.09. The van der Waals surface area contributed by atoms with Gasteiger partial charge < -0.3 is 30.7 Å². The Balaban J connectivity index is 1.48. The van der Waals surface area contributed by atoms with E-state index in [1.165, 1.54) is 11.3 Å². The van der Waals surface area contributed by atoms with Crippen LogP contribution in [0.1, 0.15) is 42.5 Å². The SMILES string of the molecule is CNc1cc(C(=O)N[C@@H](Cc2ccccc2)[C@H](O)CNCc2cccc(OC)c2)cc(C(=O)N(C)Cc2nc(C)cs2)c1. The van der Waals surface area contributed by atoms with Gasteiger partial charge in [-0.05, 0) is 54.8 Å². The van der Waals surface area contributed by atoms with E-state index in [2.05, 4.69) is 20.9 Å². The number of aliphatic hydroxyl groups is 1. The number of amides is 2. The van der Waals surface area contributed by atoms with Crippen LogP contribution in [0.5, 0.6) is 5.75 Å². The van der Waals surface area contributed by atoms with E-state index < -0.39 is 12.1 Å². The first-order valence-electron chi connectivity index (χ1n) is 14.1. The van der Waals surface area contributed by atoms with Gasteiger partial charge in [0.15, 0.2) is 0 Å². The highest BCUT2D eigenvalue weighted by Gasteiger charge is 2.24. The largest absolute Gasteiger partial charge is 0.497 e. The van der Waals surface area contributed by atoms with Gasteiger partial charge in [0, 0.05) is 55.1 Å². The fraction of sp³-hybridized carbons (Fsp3) is 0.303. The van der Waals surface area contributed by atoms with E-state index in [1.807, 2.05) is 66.9 Å². The molecule has 2 atom stereocenters. The number of anilines is 1. The van der Waals surface area contributed by atoms with Crippen LogP contribution in [0, 0.1) is 6.92 Å². The van der Waals surface area contributed by atoms with Crippen LogP contribution in [0.25, 0.3) is 0 Å². The van der Waals surface area contributed by atoms with E-state index in [1.54, 1.807) is 44.3 Å². The number of aromatic nitrogens is 1. The molecule has 1 heterocycles. The zero-order valence-corrected chi connectivity index (χ0v) is 25.8. The monoisotopic (exact) mass is 601 g/mol. The van der Waals surface area contributed by atoms with E-state index in [0.717, 1.165) is 27.6 Å². The van der Waals surface area contributed by atoms with Crippen LogP contribution in [0.4, 0.5) is 5.69 Å². The predicted octanol–water partition coefficient (Wildman–Crippen LogP) is 4.27. The number of aryl methyl sites for hydroxylation is 1. The van der Waals surface area contributed by atoms with Gasteiger partial charge in [-0.15, -0.1) is 11.3 Å². The molecule has 3 aromatic carbocycles. The summed E-state index contributed by atoms with van der Waals surface area (Å²) in [6, 6.07) is 21.9. The first-order chi connectivity index (χ1) is 20.7. The Bertz CT molecular complexity index is 1510. The average molecular weight is 602 g/mol. The molecule has 0 aliphatic carbocycles. The number of carbonyl (C=O) groups is 2. The zero-order valence-electron chi connectivity index (χ0n) is 25.0. The van der Waals surface area contributed by atoms with Gasteiger partial charge in [0.25, 0.3) is 11.8 Å².